The summed E-state index contributed by atoms with van der Waals surface area (Å²) in [5, 5.41) is 20.6. The number of benzene rings is 2. The molecule has 0 unspecified atom stereocenters. The Kier molecular flexibility index (Phi) is 5.05. The van der Waals surface area contributed by atoms with Crippen LogP contribution < -0.4 is 5.56 Å². The molecule has 1 aromatic heterocycles. The van der Waals surface area contributed by atoms with Gasteiger partial charge in [0.2, 0.25) is 0 Å². The minimum atomic E-state index is -0.559. The summed E-state index contributed by atoms with van der Waals surface area (Å²) in [5.74, 6) is -0.375. The molecular formula is C19H12FN3O3S. The summed E-state index contributed by atoms with van der Waals surface area (Å²) in [6, 6.07) is 13.5. The summed E-state index contributed by atoms with van der Waals surface area (Å²) in [6.45, 7) is 1.66. The number of halogens is 1. The van der Waals surface area contributed by atoms with Crippen LogP contribution in [-0.2, 0) is 0 Å². The van der Waals surface area contributed by atoms with Crippen LogP contribution in [0.1, 0.15) is 11.3 Å². The van der Waals surface area contributed by atoms with Crippen LogP contribution in [0.15, 0.2) is 63.1 Å². The first-order valence-electron chi connectivity index (χ1n) is 7.75. The molecular weight excluding hydrogens is 369 g/mol. The molecule has 0 aliphatic heterocycles. The lowest BCUT2D eigenvalue weighted by molar-refractivity contribution is -0.384. The van der Waals surface area contributed by atoms with Crippen LogP contribution in [0.2, 0.25) is 0 Å². The van der Waals surface area contributed by atoms with Gasteiger partial charge in [0.1, 0.15) is 17.4 Å². The summed E-state index contributed by atoms with van der Waals surface area (Å²) in [5.41, 5.74) is 0.392. The lowest BCUT2D eigenvalue weighted by Gasteiger charge is -2.11. The third kappa shape index (κ3) is 3.88. The molecule has 6 nitrogen and oxygen atoms in total. The number of nitro groups is 1. The summed E-state index contributed by atoms with van der Waals surface area (Å²) in [4.78, 5) is 26.7. The minimum absolute atomic E-state index is 0.123. The highest BCUT2D eigenvalue weighted by atomic mass is 32.2. The van der Waals surface area contributed by atoms with Crippen LogP contribution in [-0.4, -0.2) is 9.91 Å². The van der Waals surface area contributed by atoms with Gasteiger partial charge < -0.3 is 4.98 Å². The second-order valence-corrected chi connectivity index (χ2v) is 6.79. The van der Waals surface area contributed by atoms with Gasteiger partial charge in [0.05, 0.1) is 4.92 Å². The number of pyridine rings is 1. The van der Waals surface area contributed by atoms with Crippen LogP contribution in [0.25, 0.3) is 11.1 Å². The molecule has 0 amide bonds. The van der Waals surface area contributed by atoms with Crippen molar-refractivity contribution in [1.82, 2.24) is 4.98 Å². The van der Waals surface area contributed by atoms with Gasteiger partial charge in [-0.1, -0.05) is 11.8 Å². The number of nitriles is 1. The maximum absolute atomic E-state index is 13.1. The minimum Gasteiger partial charge on any atom is -0.325 e. The molecule has 0 radical (unpaired) electrons. The smallest absolute Gasteiger partial charge is 0.270 e. The second kappa shape index (κ2) is 7.43. The van der Waals surface area contributed by atoms with Gasteiger partial charge in [-0.25, -0.2) is 4.39 Å². The van der Waals surface area contributed by atoms with Crippen molar-refractivity contribution in [2.24, 2.45) is 0 Å². The SMILES string of the molecule is Cc1cc(-c2cc([N+](=O)[O-])ccc2Sc2ccc(F)cc2)c(C#N)c(=O)[nH]1. The summed E-state index contributed by atoms with van der Waals surface area (Å²) in [7, 11) is 0. The predicted octanol–water partition coefficient (Wildman–Crippen LogP) is 4.42. The van der Waals surface area contributed by atoms with Crippen molar-refractivity contribution in [2.75, 3.05) is 0 Å². The molecule has 0 aliphatic carbocycles. The largest absolute Gasteiger partial charge is 0.325 e. The third-order valence-corrected chi connectivity index (χ3v) is 4.87. The van der Waals surface area contributed by atoms with Gasteiger partial charge in [-0.05, 0) is 43.3 Å². The van der Waals surface area contributed by atoms with Crippen molar-refractivity contribution in [1.29, 1.82) is 5.26 Å². The van der Waals surface area contributed by atoms with Crippen molar-refractivity contribution >= 4 is 17.4 Å². The number of aromatic nitrogens is 1. The van der Waals surface area contributed by atoms with E-state index in [1.165, 1.54) is 36.0 Å². The van der Waals surface area contributed by atoms with E-state index in [1.54, 1.807) is 31.2 Å². The number of rotatable bonds is 4. The van der Waals surface area contributed by atoms with Crippen molar-refractivity contribution in [3.05, 3.63) is 86.1 Å². The van der Waals surface area contributed by atoms with Crippen LogP contribution >= 0.6 is 11.8 Å². The Labute approximate surface area is 157 Å². The first-order valence-corrected chi connectivity index (χ1v) is 8.57. The van der Waals surface area contributed by atoms with E-state index in [1.807, 2.05) is 6.07 Å². The zero-order valence-electron chi connectivity index (χ0n) is 14.0. The lowest BCUT2D eigenvalue weighted by atomic mass is 10.0. The molecule has 1 heterocycles. The van der Waals surface area contributed by atoms with E-state index < -0.39 is 10.5 Å². The molecule has 0 aliphatic rings. The van der Waals surface area contributed by atoms with E-state index in [9.17, 15) is 24.6 Å². The number of aromatic amines is 1. The van der Waals surface area contributed by atoms with E-state index in [0.29, 0.717) is 26.6 Å². The lowest BCUT2D eigenvalue weighted by Crippen LogP contribution is -2.13. The van der Waals surface area contributed by atoms with Gasteiger partial charge >= 0.3 is 0 Å². The number of H-pyrrole nitrogens is 1. The van der Waals surface area contributed by atoms with Gasteiger partial charge in [0, 0.05) is 38.7 Å². The topological polar surface area (TPSA) is 99.8 Å². The first-order chi connectivity index (χ1) is 12.9. The Hall–Kier alpha value is -3.44. The fourth-order valence-corrected chi connectivity index (χ4v) is 3.51. The Morgan fingerprint density at radius 2 is 1.85 bits per heavy atom. The summed E-state index contributed by atoms with van der Waals surface area (Å²) in [6.07, 6.45) is 0. The molecule has 27 heavy (non-hydrogen) atoms. The van der Waals surface area contributed by atoms with Crippen molar-refractivity contribution in [2.45, 2.75) is 16.7 Å². The Morgan fingerprint density at radius 3 is 2.48 bits per heavy atom. The number of non-ortho nitro benzene ring substituents is 1. The van der Waals surface area contributed by atoms with E-state index in [2.05, 4.69) is 4.98 Å². The van der Waals surface area contributed by atoms with E-state index in [4.69, 9.17) is 0 Å². The number of hydrogen-bond donors (Lipinski definition) is 1. The van der Waals surface area contributed by atoms with Crippen molar-refractivity contribution in [3.8, 4) is 17.2 Å². The average molecular weight is 381 g/mol. The standard InChI is InChI=1S/C19H12FN3O3S/c1-11-8-15(17(10-21)19(24)22-11)16-9-13(23(25)26)4-7-18(16)27-14-5-2-12(20)3-6-14/h2-9H,1H3,(H,22,24). The molecule has 2 aromatic carbocycles. The molecule has 0 bridgehead atoms. The normalized spacial score (nSPS) is 10.4. The Bertz CT molecular complexity index is 1130. The first kappa shape index (κ1) is 18.4. The second-order valence-electron chi connectivity index (χ2n) is 5.68. The fourth-order valence-electron chi connectivity index (χ4n) is 2.57. The average Bonchev–Trinajstić information content (AvgIpc) is 2.63. The van der Waals surface area contributed by atoms with E-state index in [0.717, 1.165) is 0 Å². The summed E-state index contributed by atoms with van der Waals surface area (Å²) < 4.78 is 13.1. The van der Waals surface area contributed by atoms with Crippen LogP contribution in [0.3, 0.4) is 0 Å². The highest BCUT2D eigenvalue weighted by Crippen LogP contribution is 2.39. The Balaban J connectivity index is 2.22. The fraction of sp³-hybridized carbons (Fsp3) is 0.0526. The highest BCUT2D eigenvalue weighted by Gasteiger charge is 2.18. The number of nitro benzene ring substituents is 1. The molecule has 3 aromatic rings. The van der Waals surface area contributed by atoms with Gasteiger partial charge in [-0.2, -0.15) is 5.26 Å². The molecule has 0 atom stereocenters. The van der Waals surface area contributed by atoms with Crippen LogP contribution in [0, 0.1) is 34.2 Å². The Morgan fingerprint density at radius 1 is 1.15 bits per heavy atom. The number of nitrogens with one attached hydrogen (secondary N) is 1. The maximum atomic E-state index is 13.1. The molecule has 3 rings (SSSR count). The number of aryl methyl sites for hydroxylation is 1. The highest BCUT2D eigenvalue weighted by molar-refractivity contribution is 7.99. The zero-order chi connectivity index (χ0) is 19.6. The van der Waals surface area contributed by atoms with Gasteiger partial charge in [-0.15, -0.1) is 0 Å². The van der Waals surface area contributed by atoms with Gasteiger partial charge in [0.15, 0.2) is 0 Å². The molecule has 0 saturated carbocycles. The third-order valence-electron chi connectivity index (χ3n) is 3.79. The van der Waals surface area contributed by atoms with E-state index in [-0.39, 0.29) is 17.1 Å². The van der Waals surface area contributed by atoms with Crippen LogP contribution in [0.5, 0.6) is 0 Å². The number of nitrogens with zero attached hydrogens (tertiary/aromatic N) is 2. The molecule has 0 saturated heterocycles. The van der Waals surface area contributed by atoms with Crippen molar-refractivity contribution in [3.63, 3.8) is 0 Å². The van der Waals surface area contributed by atoms with Gasteiger partial charge in [-0.3, -0.25) is 14.9 Å². The van der Waals surface area contributed by atoms with Crippen molar-refractivity contribution < 1.29 is 9.31 Å². The molecule has 134 valence electrons. The summed E-state index contributed by atoms with van der Waals surface area (Å²) >= 11 is 1.26. The predicted molar refractivity (Wildman–Crippen MR) is 99.1 cm³/mol. The van der Waals surface area contributed by atoms with E-state index >= 15 is 0 Å². The molecule has 8 heteroatoms. The number of hydrogen-bond acceptors (Lipinski definition) is 5. The zero-order valence-corrected chi connectivity index (χ0v) is 14.8. The maximum Gasteiger partial charge on any atom is 0.270 e. The monoisotopic (exact) mass is 381 g/mol. The molecule has 1 N–H and O–H groups in total. The quantitative estimate of drug-likeness (QED) is 0.533. The molecule has 0 spiro atoms. The van der Waals surface area contributed by atoms with Gasteiger partial charge in [0.25, 0.3) is 11.2 Å². The van der Waals surface area contributed by atoms with Crippen LogP contribution in [0.4, 0.5) is 10.1 Å². The molecule has 0 fully saturated rings.